The third-order valence-electron chi connectivity index (χ3n) is 5.00. The molecule has 0 bridgehead atoms. The molecule has 0 radical (unpaired) electrons. The fourth-order valence-corrected chi connectivity index (χ4v) is 2.81. The van der Waals surface area contributed by atoms with E-state index >= 15 is 0 Å². The molecule has 0 amide bonds. The van der Waals surface area contributed by atoms with Crippen molar-refractivity contribution >= 4 is 11.9 Å². The van der Waals surface area contributed by atoms with Crippen LogP contribution in [0.1, 0.15) is 117 Å². The molecular weight excluding hydrogens is 340 g/mol. The summed E-state index contributed by atoms with van der Waals surface area (Å²) in [4.78, 5) is 23.2. The molecule has 1 unspecified atom stereocenters. The minimum absolute atomic E-state index is 0.0485. The summed E-state index contributed by atoms with van der Waals surface area (Å²) in [5.74, 6) is 0.336. The molecule has 0 aliphatic rings. The van der Waals surface area contributed by atoms with Crippen molar-refractivity contribution in [2.75, 3.05) is 13.2 Å². The van der Waals surface area contributed by atoms with Gasteiger partial charge in [-0.1, -0.05) is 85.0 Å². The monoisotopic (exact) mass is 384 g/mol. The molecule has 0 heterocycles. The van der Waals surface area contributed by atoms with E-state index in [1.54, 1.807) is 0 Å². The average molecular weight is 385 g/mol. The minimum Gasteiger partial charge on any atom is -0.466 e. The highest BCUT2D eigenvalue weighted by Crippen LogP contribution is 2.11. The Balaban J connectivity index is 3.29. The van der Waals surface area contributed by atoms with Gasteiger partial charge in [-0.05, 0) is 25.2 Å². The number of unbranched alkanes of at least 4 members (excludes halogenated alkanes) is 10. The Bertz CT molecular complexity index is 354. The predicted molar refractivity (Wildman–Crippen MR) is 112 cm³/mol. The van der Waals surface area contributed by atoms with E-state index in [1.807, 2.05) is 0 Å². The van der Waals surface area contributed by atoms with Crippen molar-refractivity contribution in [3.63, 3.8) is 0 Å². The van der Waals surface area contributed by atoms with E-state index in [1.165, 1.54) is 32.1 Å². The summed E-state index contributed by atoms with van der Waals surface area (Å²) in [5.41, 5.74) is 0. The van der Waals surface area contributed by atoms with Gasteiger partial charge >= 0.3 is 11.9 Å². The van der Waals surface area contributed by atoms with Gasteiger partial charge in [0, 0.05) is 12.8 Å². The van der Waals surface area contributed by atoms with Crippen molar-refractivity contribution in [3.05, 3.63) is 0 Å². The minimum atomic E-state index is -0.0663. The molecule has 0 aromatic rings. The van der Waals surface area contributed by atoms with Crippen LogP contribution in [-0.2, 0) is 19.1 Å². The zero-order chi connectivity index (χ0) is 20.2. The van der Waals surface area contributed by atoms with Crippen LogP contribution in [0.3, 0.4) is 0 Å². The summed E-state index contributed by atoms with van der Waals surface area (Å²) in [7, 11) is 0. The first kappa shape index (κ1) is 25.9. The van der Waals surface area contributed by atoms with E-state index in [2.05, 4.69) is 20.8 Å². The lowest BCUT2D eigenvalue weighted by Gasteiger charge is -2.09. The SMILES string of the molecule is CCCCCCCCOC(=O)CCCCCCCCC(=O)OCC(C)CC. The molecule has 0 aromatic heterocycles. The topological polar surface area (TPSA) is 52.6 Å². The summed E-state index contributed by atoms with van der Waals surface area (Å²) < 4.78 is 10.5. The van der Waals surface area contributed by atoms with Crippen molar-refractivity contribution in [1.82, 2.24) is 0 Å². The van der Waals surface area contributed by atoms with E-state index in [-0.39, 0.29) is 11.9 Å². The van der Waals surface area contributed by atoms with Crippen LogP contribution in [0.25, 0.3) is 0 Å². The Kier molecular flexibility index (Phi) is 18.9. The van der Waals surface area contributed by atoms with Crippen LogP contribution in [0.2, 0.25) is 0 Å². The van der Waals surface area contributed by atoms with Crippen molar-refractivity contribution in [1.29, 1.82) is 0 Å². The second-order valence-electron chi connectivity index (χ2n) is 7.81. The molecule has 0 aliphatic carbocycles. The van der Waals surface area contributed by atoms with Crippen LogP contribution in [0, 0.1) is 5.92 Å². The molecule has 1 atom stereocenters. The Morgan fingerprint density at radius 3 is 1.70 bits per heavy atom. The number of ether oxygens (including phenoxy) is 2. The molecule has 4 nitrogen and oxygen atoms in total. The Morgan fingerprint density at radius 2 is 1.15 bits per heavy atom. The van der Waals surface area contributed by atoms with Gasteiger partial charge < -0.3 is 9.47 Å². The van der Waals surface area contributed by atoms with Crippen molar-refractivity contribution < 1.29 is 19.1 Å². The molecule has 0 saturated carbocycles. The number of carbonyl (C=O) groups is 2. The van der Waals surface area contributed by atoms with Crippen LogP contribution in [-0.4, -0.2) is 25.2 Å². The lowest BCUT2D eigenvalue weighted by atomic mass is 10.1. The normalized spacial score (nSPS) is 12.0. The molecule has 160 valence electrons. The molecule has 27 heavy (non-hydrogen) atoms. The van der Waals surface area contributed by atoms with Gasteiger partial charge in [0.25, 0.3) is 0 Å². The second kappa shape index (κ2) is 19.7. The molecular formula is C23H44O4. The van der Waals surface area contributed by atoms with Crippen molar-refractivity contribution in [2.24, 2.45) is 5.92 Å². The predicted octanol–water partition coefficient (Wildman–Crippen LogP) is 6.60. The smallest absolute Gasteiger partial charge is 0.305 e. The van der Waals surface area contributed by atoms with Crippen LogP contribution in [0.4, 0.5) is 0 Å². The molecule has 0 fully saturated rings. The highest BCUT2D eigenvalue weighted by atomic mass is 16.5. The maximum Gasteiger partial charge on any atom is 0.305 e. The van der Waals surface area contributed by atoms with Gasteiger partial charge in [0.2, 0.25) is 0 Å². The van der Waals surface area contributed by atoms with Gasteiger partial charge in [-0.3, -0.25) is 9.59 Å². The molecule has 0 N–H and O–H groups in total. The molecule has 0 saturated heterocycles. The molecule has 0 aliphatic heterocycles. The number of rotatable bonds is 19. The maximum absolute atomic E-state index is 11.6. The van der Waals surface area contributed by atoms with E-state index in [0.717, 1.165) is 51.4 Å². The van der Waals surface area contributed by atoms with Gasteiger partial charge in [0.1, 0.15) is 0 Å². The van der Waals surface area contributed by atoms with E-state index < -0.39 is 0 Å². The Hall–Kier alpha value is -1.06. The van der Waals surface area contributed by atoms with Crippen LogP contribution >= 0.6 is 0 Å². The molecule has 4 heteroatoms. The second-order valence-corrected chi connectivity index (χ2v) is 7.81. The summed E-state index contributed by atoms with van der Waals surface area (Å²) >= 11 is 0. The van der Waals surface area contributed by atoms with Gasteiger partial charge in [-0.2, -0.15) is 0 Å². The van der Waals surface area contributed by atoms with E-state index in [0.29, 0.717) is 32.0 Å². The summed E-state index contributed by atoms with van der Waals surface area (Å²) in [6, 6.07) is 0. The third-order valence-corrected chi connectivity index (χ3v) is 5.00. The van der Waals surface area contributed by atoms with Gasteiger partial charge in [-0.25, -0.2) is 0 Å². The van der Waals surface area contributed by atoms with Crippen LogP contribution in [0.15, 0.2) is 0 Å². The number of hydrogen-bond acceptors (Lipinski definition) is 4. The first-order valence-electron chi connectivity index (χ1n) is 11.4. The first-order chi connectivity index (χ1) is 13.1. The average Bonchev–Trinajstić information content (AvgIpc) is 2.67. The van der Waals surface area contributed by atoms with Gasteiger partial charge in [0.15, 0.2) is 0 Å². The first-order valence-corrected chi connectivity index (χ1v) is 11.4. The van der Waals surface area contributed by atoms with Gasteiger partial charge in [0.05, 0.1) is 13.2 Å². The lowest BCUT2D eigenvalue weighted by molar-refractivity contribution is -0.145. The lowest BCUT2D eigenvalue weighted by Crippen LogP contribution is -2.11. The fourth-order valence-electron chi connectivity index (χ4n) is 2.81. The largest absolute Gasteiger partial charge is 0.466 e. The third kappa shape index (κ3) is 19.5. The van der Waals surface area contributed by atoms with E-state index in [4.69, 9.17) is 9.47 Å². The Labute approximate surface area is 167 Å². The standard InChI is InChI=1S/C23H44O4/c1-4-6-7-8-13-16-19-26-22(24)17-14-11-9-10-12-15-18-23(25)27-20-21(3)5-2/h21H,4-20H2,1-3H3. The quantitative estimate of drug-likeness (QED) is 0.186. The highest BCUT2D eigenvalue weighted by Gasteiger charge is 2.06. The van der Waals surface area contributed by atoms with E-state index in [9.17, 15) is 9.59 Å². The Morgan fingerprint density at radius 1 is 0.667 bits per heavy atom. The molecule has 0 aromatic carbocycles. The number of esters is 2. The molecule has 0 rings (SSSR count). The maximum atomic E-state index is 11.6. The van der Waals surface area contributed by atoms with Crippen molar-refractivity contribution in [3.8, 4) is 0 Å². The molecule has 0 spiro atoms. The zero-order valence-electron chi connectivity index (χ0n) is 18.2. The summed E-state index contributed by atoms with van der Waals surface area (Å²) in [6.45, 7) is 7.54. The zero-order valence-corrected chi connectivity index (χ0v) is 18.2. The fraction of sp³-hybridized carbons (Fsp3) is 0.913. The highest BCUT2D eigenvalue weighted by molar-refractivity contribution is 5.69. The van der Waals surface area contributed by atoms with Crippen LogP contribution < -0.4 is 0 Å². The summed E-state index contributed by atoms with van der Waals surface area (Å²) in [6.07, 6.45) is 15.6. The summed E-state index contributed by atoms with van der Waals surface area (Å²) in [5, 5.41) is 0. The van der Waals surface area contributed by atoms with Crippen LogP contribution in [0.5, 0.6) is 0 Å². The van der Waals surface area contributed by atoms with Gasteiger partial charge in [-0.15, -0.1) is 0 Å². The number of carbonyl (C=O) groups excluding carboxylic acids is 2. The van der Waals surface area contributed by atoms with Crippen molar-refractivity contribution in [2.45, 2.75) is 117 Å². The number of hydrogen-bond donors (Lipinski definition) is 0.